The molecule has 8 nitrogen and oxygen atoms in total. The number of carbonyl (C=O) groups is 2. The number of hydrogen-bond acceptors (Lipinski definition) is 8. The minimum Gasteiger partial charge on any atom is -0.466 e. The zero-order valence-electron chi connectivity index (χ0n) is 36.7. The van der Waals surface area contributed by atoms with Gasteiger partial charge in [-0.25, -0.2) is 0 Å². The lowest BCUT2D eigenvalue weighted by Gasteiger charge is -2.22. The van der Waals surface area contributed by atoms with Crippen LogP contribution in [0.5, 0.6) is 0 Å². The molecule has 0 amide bonds. The number of aliphatic hydroxyl groups excluding tert-OH is 1. The zero-order chi connectivity index (χ0) is 39.6. The Kier molecular flexibility index (Phi) is 41.9. The second kappa shape index (κ2) is 42.9. The van der Waals surface area contributed by atoms with Crippen LogP contribution in [0.3, 0.4) is 0 Å². The van der Waals surface area contributed by atoms with Crippen molar-refractivity contribution in [2.24, 2.45) is 0 Å². The predicted molar refractivity (Wildman–Crippen MR) is 230 cm³/mol. The lowest BCUT2D eigenvalue weighted by atomic mass is 10.1. The van der Waals surface area contributed by atoms with Gasteiger partial charge in [-0.3, -0.25) is 9.59 Å². The largest absolute Gasteiger partial charge is 0.466 e. The highest BCUT2D eigenvalue weighted by atomic mass is 16.5. The zero-order valence-corrected chi connectivity index (χ0v) is 36.7. The summed E-state index contributed by atoms with van der Waals surface area (Å²) in [7, 11) is 0. The number of aliphatic hydroxyl groups is 1. The van der Waals surface area contributed by atoms with Crippen molar-refractivity contribution in [3.05, 3.63) is 0 Å². The van der Waals surface area contributed by atoms with Crippen LogP contribution in [0.25, 0.3) is 0 Å². The van der Waals surface area contributed by atoms with Crippen molar-refractivity contribution in [2.45, 2.75) is 207 Å². The summed E-state index contributed by atoms with van der Waals surface area (Å²) in [5, 5.41) is 9.56. The van der Waals surface area contributed by atoms with Crippen molar-refractivity contribution < 1.29 is 24.2 Å². The van der Waals surface area contributed by atoms with Gasteiger partial charge in [0.1, 0.15) is 0 Å². The summed E-state index contributed by atoms with van der Waals surface area (Å²) in [6.07, 6.45) is 32.4. The van der Waals surface area contributed by atoms with Crippen LogP contribution in [0.1, 0.15) is 207 Å². The van der Waals surface area contributed by atoms with Gasteiger partial charge in [0.05, 0.1) is 32.7 Å². The van der Waals surface area contributed by atoms with E-state index in [-0.39, 0.29) is 18.5 Å². The number of ether oxygens (including phenoxy) is 2. The van der Waals surface area contributed by atoms with Gasteiger partial charge in [0.2, 0.25) is 0 Å². The summed E-state index contributed by atoms with van der Waals surface area (Å²) in [6, 6.07) is 0. The van der Waals surface area contributed by atoms with Crippen molar-refractivity contribution in [1.29, 1.82) is 0 Å². The summed E-state index contributed by atoms with van der Waals surface area (Å²) < 4.78 is 11.2. The summed E-state index contributed by atoms with van der Waals surface area (Å²) >= 11 is 0. The molecule has 0 saturated carbocycles. The highest BCUT2D eigenvalue weighted by molar-refractivity contribution is 5.69. The van der Waals surface area contributed by atoms with Gasteiger partial charge in [-0.05, 0) is 90.6 Å². The molecule has 0 aromatic carbocycles. The van der Waals surface area contributed by atoms with E-state index in [4.69, 9.17) is 9.47 Å². The van der Waals surface area contributed by atoms with E-state index in [0.717, 1.165) is 104 Å². The SMILES string of the molecule is CCCCCCN(CCCCCC)CCC(=O)OCCCCCCCCN(CCO)CCCCCCOC(=O)CCN(CCCCCC)CCCCCC. The molecular formula is C46H93N3O5. The first-order valence-electron chi connectivity index (χ1n) is 23.6. The van der Waals surface area contributed by atoms with E-state index in [1.165, 1.54) is 122 Å². The fraction of sp³-hybridized carbons (Fsp3) is 0.957. The maximum absolute atomic E-state index is 12.4. The van der Waals surface area contributed by atoms with E-state index >= 15 is 0 Å². The maximum Gasteiger partial charge on any atom is 0.307 e. The van der Waals surface area contributed by atoms with Crippen molar-refractivity contribution in [2.75, 3.05) is 78.7 Å². The second-order valence-electron chi connectivity index (χ2n) is 16.0. The smallest absolute Gasteiger partial charge is 0.307 e. The Hall–Kier alpha value is -1.22. The van der Waals surface area contributed by atoms with Gasteiger partial charge in [0.25, 0.3) is 0 Å². The van der Waals surface area contributed by atoms with E-state index in [1.54, 1.807) is 0 Å². The van der Waals surface area contributed by atoms with E-state index in [9.17, 15) is 14.7 Å². The van der Waals surface area contributed by atoms with Gasteiger partial charge in [0.15, 0.2) is 0 Å². The molecule has 0 aromatic heterocycles. The number of nitrogens with zero attached hydrogens (tertiary/aromatic N) is 3. The number of carbonyl (C=O) groups excluding carboxylic acids is 2. The Morgan fingerprint density at radius 2 is 0.611 bits per heavy atom. The summed E-state index contributed by atoms with van der Waals surface area (Å²) in [6.45, 7) is 19.2. The lowest BCUT2D eigenvalue weighted by Crippen LogP contribution is -2.29. The van der Waals surface area contributed by atoms with Crippen LogP contribution in [0, 0.1) is 0 Å². The molecule has 0 saturated heterocycles. The molecule has 0 unspecified atom stereocenters. The summed E-state index contributed by atoms with van der Waals surface area (Å²) in [5.41, 5.74) is 0. The van der Waals surface area contributed by atoms with Gasteiger partial charge < -0.3 is 29.3 Å². The first kappa shape index (κ1) is 52.8. The average Bonchev–Trinajstić information content (AvgIpc) is 3.17. The van der Waals surface area contributed by atoms with E-state index in [2.05, 4.69) is 42.4 Å². The Labute approximate surface area is 336 Å². The maximum atomic E-state index is 12.4. The summed E-state index contributed by atoms with van der Waals surface area (Å²) in [5.74, 6) is -0.0860. The van der Waals surface area contributed by atoms with Crippen LogP contribution in [0.2, 0.25) is 0 Å². The van der Waals surface area contributed by atoms with Crippen molar-refractivity contribution >= 4 is 11.9 Å². The minimum absolute atomic E-state index is 0.0384. The molecule has 0 heterocycles. The third-order valence-electron chi connectivity index (χ3n) is 10.8. The third-order valence-corrected chi connectivity index (χ3v) is 10.8. The van der Waals surface area contributed by atoms with Crippen LogP contribution in [-0.4, -0.2) is 110 Å². The van der Waals surface area contributed by atoms with E-state index < -0.39 is 0 Å². The van der Waals surface area contributed by atoms with Gasteiger partial charge >= 0.3 is 11.9 Å². The predicted octanol–water partition coefficient (Wildman–Crippen LogP) is 11.0. The second-order valence-corrected chi connectivity index (χ2v) is 16.0. The first-order chi connectivity index (χ1) is 26.5. The monoisotopic (exact) mass is 768 g/mol. The fourth-order valence-corrected chi connectivity index (χ4v) is 7.15. The van der Waals surface area contributed by atoms with E-state index in [1.807, 2.05) is 0 Å². The molecule has 1 N–H and O–H groups in total. The Bertz CT molecular complexity index is 761. The number of esters is 2. The topological polar surface area (TPSA) is 82.5 Å². The van der Waals surface area contributed by atoms with Crippen LogP contribution in [0.15, 0.2) is 0 Å². The van der Waals surface area contributed by atoms with Crippen molar-refractivity contribution in [3.8, 4) is 0 Å². The molecule has 0 aliphatic heterocycles. The molecule has 0 radical (unpaired) electrons. The molecule has 322 valence electrons. The highest BCUT2D eigenvalue weighted by Gasteiger charge is 2.11. The van der Waals surface area contributed by atoms with Crippen LogP contribution >= 0.6 is 0 Å². The molecule has 0 rings (SSSR count). The molecule has 0 aromatic rings. The van der Waals surface area contributed by atoms with Crippen LogP contribution in [0.4, 0.5) is 0 Å². The van der Waals surface area contributed by atoms with Crippen molar-refractivity contribution in [3.63, 3.8) is 0 Å². The third kappa shape index (κ3) is 37.7. The van der Waals surface area contributed by atoms with Crippen molar-refractivity contribution in [1.82, 2.24) is 14.7 Å². The molecule has 0 spiro atoms. The fourth-order valence-electron chi connectivity index (χ4n) is 7.15. The molecule has 0 fully saturated rings. The van der Waals surface area contributed by atoms with E-state index in [0.29, 0.717) is 26.1 Å². The molecule has 54 heavy (non-hydrogen) atoms. The Morgan fingerprint density at radius 3 is 0.907 bits per heavy atom. The standard InChI is InChI=1S/C46H93N3O5/c1-5-9-13-23-33-47(34-24-14-10-6-2)39-31-45(51)53-43-29-21-18-17-19-27-37-49(41-42-50)38-28-20-22-30-44-54-46(52)32-40-48(35-25-15-11-7-3)36-26-16-12-8-4/h50H,5-44H2,1-4H3. The Balaban J connectivity index is 3.95. The number of unbranched alkanes of at least 4 members (excludes halogenated alkanes) is 20. The molecule has 0 aliphatic carbocycles. The molecule has 0 aliphatic rings. The first-order valence-corrected chi connectivity index (χ1v) is 23.6. The number of rotatable bonds is 44. The Morgan fingerprint density at radius 1 is 0.352 bits per heavy atom. The van der Waals surface area contributed by atoms with Crippen LogP contribution < -0.4 is 0 Å². The normalized spacial score (nSPS) is 11.7. The average molecular weight is 768 g/mol. The van der Waals surface area contributed by atoms with Gasteiger partial charge in [-0.2, -0.15) is 0 Å². The van der Waals surface area contributed by atoms with Gasteiger partial charge in [0, 0.05) is 19.6 Å². The molecular weight excluding hydrogens is 675 g/mol. The highest BCUT2D eigenvalue weighted by Crippen LogP contribution is 2.11. The van der Waals surface area contributed by atoms with Gasteiger partial charge in [-0.15, -0.1) is 0 Å². The molecule has 0 bridgehead atoms. The van der Waals surface area contributed by atoms with Crippen LogP contribution in [-0.2, 0) is 19.1 Å². The molecule has 8 heteroatoms. The van der Waals surface area contributed by atoms with Gasteiger partial charge in [-0.1, -0.05) is 143 Å². The minimum atomic E-state index is -0.0476. The number of hydrogen-bond donors (Lipinski definition) is 1. The quantitative estimate of drug-likeness (QED) is 0.0485. The summed E-state index contributed by atoms with van der Waals surface area (Å²) in [4.78, 5) is 32.1. The molecule has 0 atom stereocenters. The lowest BCUT2D eigenvalue weighted by molar-refractivity contribution is -0.145.